The van der Waals surface area contributed by atoms with E-state index in [0.717, 1.165) is 17.1 Å². The van der Waals surface area contributed by atoms with Gasteiger partial charge in [-0.1, -0.05) is 185 Å². The quantitative estimate of drug-likeness (QED) is 0.116. The van der Waals surface area contributed by atoms with E-state index >= 15 is 0 Å². The molecule has 4 aliphatic rings. The molecule has 0 bridgehead atoms. The Bertz CT molecular complexity index is 4210. The Hall–Kier alpha value is -8.70. The lowest BCUT2D eigenvalue weighted by Gasteiger charge is -2.36. The van der Waals surface area contributed by atoms with Crippen LogP contribution < -0.4 is 25.1 Å². The van der Waals surface area contributed by atoms with Crippen molar-refractivity contribution in [3.8, 4) is 22.3 Å². The minimum absolute atomic E-state index is 0.124. The average molecular weight is 978 g/mol. The van der Waals surface area contributed by atoms with E-state index in [-0.39, 0.29) is 17.4 Å². The van der Waals surface area contributed by atoms with Crippen LogP contribution in [0.3, 0.4) is 0 Å². The van der Waals surface area contributed by atoms with Gasteiger partial charge in [0.25, 0.3) is 0 Å². The monoisotopic (exact) mass is 977 g/mol. The highest BCUT2D eigenvalue weighted by Gasteiger charge is 2.40. The minimum Gasteiger partial charge on any atom is -0.333 e. The van der Waals surface area contributed by atoms with Gasteiger partial charge in [0.15, 0.2) is 0 Å². The smallest absolute Gasteiger partial charge is 0.113 e. The van der Waals surface area contributed by atoms with Crippen LogP contribution in [0.1, 0.15) is 36.5 Å². The van der Waals surface area contributed by atoms with Gasteiger partial charge in [0.2, 0.25) is 0 Å². The molecular formula is C71H55N3Si. The van der Waals surface area contributed by atoms with E-state index in [2.05, 4.69) is 290 Å². The Morgan fingerprint density at radius 1 is 0.413 bits per heavy atom. The number of anilines is 8. The molecule has 0 saturated heterocycles. The molecule has 11 aromatic carbocycles. The fraction of sp³-hybridized carbons (Fsp3) is 0.0986. The number of benzene rings is 11. The topological polar surface area (TPSA) is 9.72 Å². The molecule has 0 fully saturated rings. The normalized spacial score (nSPS) is 16.9. The lowest BCUT2D eigenvalue weighted by Crippen LogP contribution is -2.56. The zero-order chi connectivity index (χ0) is 50.2. The standard InChI is InChI=1S/C71H55N3Si/c1-71(2)63-32-18-16-28-53(63)54-38-35-50(42-64(54)71)73(47-23-10-6-11-24-47)67-45-60-58-31-20-34-68-70(58)62(44-59(60)52-27-14-15-29-55(52)67)57-39-36-51(43-69(57)75(68,3)4)72(46-21-8-5-9-22-46)49-37-40-66-61(41-49)56-30-17-19-33-65(56)74(66)48-25-12-7-13-26-48/h5-45,56,65H,1-4H3. The molecule has 358 valence electrons. The lowest BCUT2D eigenvalue weighted by atomic mass is 9.82. The second-order valence-corrected chi connectivity index (χ2v) is 26.3. The van der Waals surface area contributed by atoms with Crippen molar-refractivity contribution >= 4 is 96.3 Å². The summed E-state index contributed by atoms with van der Waals surface area (Å²) in [5.41, 5.74) is 18.8. The van der Waals surface area contributed by atoms with E-state index in [1.807, 2.05) is 0 Å². The van der Waals surface area contributed by atoms with Crippen LogP contribution in [-0.4, -0.2) is 14.1 Å². The van der Waals surface area contributed by atoms with E-state index in [1.54, 1.807) is 0 Å². The summed E-state index contributed by atoms with van der Waals surface area (Å²) in [5, 5.41) is 10.7. The maximum Gasteiger partial charge on any atom is 0.113 e. The van der Waals surface area contributed by atoms with Gasteiger partial charge in [0.05, 0.1) is 11.7 Å². The highest BCUT2D eigenvalue weighted by molar-refractivity contribution is 7.03. The summed E-state index contributed by atoms with van der Waals surface area (Å²) < 4.78 is 0. The molecule has 15 rings (SSSR count). The zero-order valence-electron chi connectivity index (χ0n) is 42.7. The van der Waals surface area contributed by atoms with Crippen molar-refractivity contribution in [3.63, 3.8) is 0 Å². The fourth-order valence-electron chi connectivity index (χ4n) is 13.7. The summed E-state index contributed by atoms with van der Waals surface area (Å²) in [6, 6.07) is 84.9. The van der Waals surface area contributed by atoms with Crippen LogP contribution in [0.5, 0.6) is 0 Å². The molecule has 2 unspecified atom stereocenters. The maximum atomic E-state index is 2.57. The Kier molecular flexibility index (Phi) is 9.59. The van der Waals surface area contributed by atoms with Crippen molar-refractivity contribution in [2.24, 2.45) is 0 Å². The first-order chi connectivity index (χ1) is 36.7. The number of allylic oxidation sites excluding steroid dienone is 2. The molecule has 3 nitrogen and oxygen atoms in total. The molecule has 0 aromatic heterocycles. The highest BCUT2D eigenvalue weighted by atomic mass is 28.3. The fourth-order valence-corrected chi connectivity index (χ4v) is 16.8. The van der Waals surface area contributed by atoms with Gasteiger partial charge in [-0.05, 0) is 167 Å². The van der Waals surface area contributed by atoms with Gasteiger partial charge < -0.3 is 14.7 Å². The Labute approximate surface area is 440 Å². The Morgan fingerprint density at radius 3 is 1.80 bits per heavy atom. The van der Waals surface area contributed by atoms with Crippen LogP contribution in [0.15, 0.2) is 249 Å². The second-order valence-electron chi connectivity index (χ2n) is 22.0. The number of para-hydroxylation sites is 3. The van der Waals surface area contributed by atoms with Crippen LogP contribution >= 0.6 is 0 Å². The van der Waals surface area contributed by atoms with Crippen molar-refractivity contribution in [1.29, 1.82) is 0 Å². The van der Waals surface area contributed by atoms with Gasteiger partial charge in [-0.2, -0.15) is 0 Å². The van der Waals surface area contributed by atoms with Crippen molar-refractivity contribution in [3.05, 3.63) is 265 Å². The summed E-state index contributed by atoms with van der Waals surface area (Å²) >= 11 is 0. The molecule has 2 atom stereocenters. The number of fused-ring (bicyclic) bond motifs is 12. The van der Waals surface area contributed by atoms with Crippen molar-refractivity contribution in [2.45, 2.75) is 44.3 Å². The predicted molar refractivity (Wildman–Crippen MR) is 321 cm³/mol. The zero-order valence-corrected chi connectivity index (χ0v) is 43.7. The van der Waals surface area contributed by atoms with Crippen LogP contribution in [0.2, 0.25) is 13.1 Å². The van der Waals surface area contributed by atoms with Crippen molar-refractivity contribution in [1.82, 2.24) is 0 Å². The third-order valence-corrected chi connectivity index (χ3v) is 20.8. The molecule has 2 aliphatic carbocycles. The molecule has 4 heteroatoms. The maximum absolute atomic E-state index is 2.57. The predicted octanol–water partition coefficient (Wildman–Crippen LogP) is 17.9. The van der Waals surface area contributed by atoms with Gasteiger partial charge in [-0.25, -0.2) is 0 Å². The SMILES string of the molecule is CC1(C)c2ccccc2-c2ccc(N(c3ccccc3)c3cc4c5cccc6c5c(cc4c4ccccc34)-c3ccc(N(c4ccccc4)c4ccc5c(c4)C4C=CC=CC4N5c4ccccc4)cc3[Si]6(C)C)cc21. The van der Waals surface area contributed by atoms with E-state index in [1.165, 1.54) is 110 Å². The molecule has 0 N–H and O–H groups in total. The summed E-state index contributed by atoms with van der Waals surface area (Å²) in [6.07, 6.45) is 9.17. The third kappa shape index (κ3) is 6.46. The molecule has 0 radical (unpaired) electrons. The summed E-state index contributed by atoms with van der Waals surface area (Å²) in [4.78, 5) is 7.51. The molecule has 0 spiro atoms. The van der Waals surface area contributed by atoms with Gasteiger partial charge in [0, 0.05) is 56.5 Å². The van der Waals surface area contributed by atoms with Crippen LogP contribution in [0.4, 0.5) is 45.5 Å². The van der Waals surface area contributed by atoms with Crippen LogP contribution in [-0.2, 0) is 5.41 Å². The van der Waals surface area contributed by atoms with Crippen LogP contribution in [0, 0.1) is 0 Å². The summed E-state index contributed by atoms with van der Waals surface area (Å²) in [5.74, 6) is 0.253. The lowest BCUT2D eigenvalue weighted by molar-refractivity contribution is 0.660. The number of rotatable bonds is 7. The molecule has 0 saturated carbocycles. The largest absolute Gasteiger partial charge is 0.333 e. The summed E-state index contributed by atoms with van der Waals surface area (Å²) in [6.45, 7) is 9.89. The molecule has 2 heterocycles. The van der Waals surface area contributed by atoms with Crippen molar-refractivity contribution < 1.29 is 0 Å². The number of hydrogen-bond donors (Lipinski definition) is 0. The first kappa shape index (κ1) is 43.8. The van der Waals surface area contributed by atoms with Crippen LogP contribution in [0.25, 0.3) is 54.6 Å². The van der Waals surface area contributed by atoms with Gasteiger partial charge >= 0.3 is 0 Å². The molecule has 11 aromatic rings. The number of hydrogen-bond acceptors (Lipinski definition) is 3. The molecule has 75 heavy (non-hydrogen) atoms. The van der Waals surface area contributed by atoms with E-state index in [0.29, 0.717) is 0 Å². The minimum atomic E-state index is -2.32. The van der Waals surface area contributed by atoms with E-state index in [9.17, 15) is 0 Å². The van der Waals surface area contributed by atoms with Gasteiger partial charge in [-0.3, -0.25) is 0 Å². The Balaban J connectivity index is 0.904. The highest BCUT2D eigenvalue weighted by Crippen LogP contribution is 2.54. The second kappa shape index (κ2) is 16.4. The van der Waals surface area contributed by atoms with Gasteiger partial charge in [0.1, 0.15) is 8.07 Å². The number of nitrogens with zero attached hydrogens (tertiary/aromatic N) is 3. The first-order valence-corrected chi connectivity index (χ1v) is 29.6. The molecule has 0 amide bonds. The average Bonchev–Trinajstić information content (AvgIpc) is 3.96. The summed E-state index contributed by atoms with van der Waals surface area (Å²) in [7, 11) is -2.32. The third-order valence-electron chi connectivity index (χ3n) is 17.3. The van der Waals surface area contributed by atoms with E-state index in [4.69, 9.17) is 0 Å². The van der Waals surface area contributed by atoms with E-state index < -0.39 is 8.07 Å². The van der Waals surface area contributed by atoms with Gasteiger partial charge in [-0.15, -0.1) is 0 Å². The molecular weight excluding hydrogens is 923 g/mol. The first-order valence-electron chi connectivity index (χ1n) is 26.6. The Morgan fingerprint density at radius 2 is 1.01 bits per heavy atom. The molecule has 2 aliphatic heterocycles. The van der Waals surface area contributed by atoms with Crippen molar-refractivity contribution in [2.75, 3.05) is 14.7 Å².